The Kier molecular flexibility index (Phi) is 2.04. The van der Waals surface area contributed by atoms with E-state index >= 15 is 0 Å². The van der Waals surface area contributed by atoms with Gasteiger partial charge in [0, 0.05) is 11.8 Å². The summed E-state index contributed by atoms with van der Waals surface area (Å²) >= 11 is 0. The molecule has 6 heteroatoms. The Balaban J connectivity index is 2.63. The monoisotopic (exact) mass is 203 g/mol. The van der Waals surface area contributed by atoms with Crippen LogP contribution in [0.25, 0.3) is 11.8 Å². The van der Waals surface area contributed by atoms with Crippen molar-refractivity contribution in [1.29, 1.82) is 0 Å². The predicted molar refractivity (Wildman–Crippen MR) is 49.9 cm³/mol. The van der Waals surface area contributed by atoms with Crippen LogP contribution in [-0.4, -0.2) is 27.0 Å². The van der Waals surface area contributed by atoms with E-state index in [1.54, 1.807) is 5.94 Å². The normalized spacial score (nSPS) is 13.3. The number of nitrogens with zero attached hydrogens (tertiary/aromatic N) is 2. The molecule has 0 fully saturated rings. The van der Waals surface area contributed by atoms with Gasteiger partial charge in [-0.25, -0.2) is 19.6 Å². The molecule has 0 aromatic carbocycles. The molecule has 0 spiro atoms. The molecule has 6 nitrogen and oxygen atoms in total. The Morgan fingerprint density at radius 2 is 2.33 bits per heavy atom. The molecule has 15 heavy (non-hydrogen) atoms. The van der Waals surface area contributed by atoms with Crippen molar-refractivity contribution >= 4 is 23.7 Å². The highest BCUT2D eigenvalue weighted by Crippen LogP contribution is 2.20. The fourth-order valence-electron chi connectivity index (χ4n) is 1.23. The molecule has 74 valence electrons. The Morgan fingerprint density at radius 3 is 3.00 bits per heavy atom. The van der Waals surface area contributed by atoms with Crippen LogP contribution in [0.15, 0.2) is 18.2 Å². The smallest absolute Gasteiger partial charge is 0.352 e. The summed E-state index contributed by atoms with van der Waals surface area (Å²) in [6.07, 6.45) is 4.07. The molecule has 2 N–H and O–H groups in total. The fraction of sp³-hybridized carbons (Fsp3) is 0. The van der Waals surface area contributed by atoms with Crippen molar-refractivity contribution in [2.24, 2.45) is 0 Å². The first-order valence-corrected chi connectivity index (χ1v) is 4.00. The molecule has 0 saturated heterocycles. The first kappa shape index (κ1) is 9.11. The first-order valence-electron chi connectivity index (χ1n) is 4.00. The minimum atomic E-state index is -1.16. The lowest BCUT2D eigenvalue weighted by atomic mass is 10.1. The average Bonchev–Trinajstić information content (AvgIpc) is 2.27. The van der Waals surface area contributed by atoms with Crippen molar-refractivity contribution in [2.75, 3.05) is 0 Å². The van der Waals surface area contributed by atoms with Crippen LogP contribution in [0.1, 0.15) is 11.3 Å². The van der Waals surface area contributed by atoms with Crippen molar-refractivity contribution in [2.45, 2.75) is 0 Å². The van der Waals surface area contributed by atoms with E-state index in [4.69, 9.17) is 5.11 Å². The van der Waals surface area contributed by atoms with Gasteiger partial charge in [0.1, 0.15) is 17.7 Å². The summed E-state index contributed by atoms with van der Waals surface area (Å²) in [5, 5.41) is 11.2. The summed E-state index contributed by atoms with van der Waals surface area (Å²) in [5.74, 6) is 0.451. The zero-order valence-corrected chi connectivity index (χ0v) is 7.39. The third kappa shape index (κ3) is 1.49. The summed E-state index contributed by atoms with van der Waals surface area (Å²) < 4.78 is 0. The van der Waals surface area contributed by atoms with E-state index in [2.05, 4.69) is 15.3 Å². The molecule has 0 saturated carbocycles. The van der Waals surface area contributed by atoms with Crippen LogP contribution >= 0.6 is 0 Å². The van der Waals surface area contributed by atoms with Gasteiger partial charge < -0.3 is 10.4 Å². The third-order valence-corrected chi connectivity index (χ3v) is 1.87. The lowest BCUT2D eigenvalue weighted by molar-refractivity contribution is -0.132. The molecular formula is C9H5N3O3. The number of nitrogens with one attached hydrogen (secondary N) is 1. The molecule has 1 aliphatic heterocycles. The molecule has 0 atom stereocenters. The molecule has 0 aliphatic carbocycles. The Bertz CT molecular complexity index is 515. The van der Waals surface area contributed by atoms with E-state index in [-0.39, 0.29) is 11.4 Å². The first-order chi connectivity index (χ1) is 7.22. The maximum atomic E-state index is 10.7. The second-order valence-electron chi connectivity index (χ2n) is 2.79. The fourth-order valence-corrected chi connectivity index (χ4v) is 1.23. The van der Waals surface area contributed by atoms with Gasteiger partial charge >= 0.3 is 5.97 Å². The van der Waals surface area contributed by atoms with Gasteiger partial charge in [0.05, 0.1) is 0 Å². The van der Waals surface area contributed by atoms with Crippen LogP contribution in [0.2, 0.25) is 0 Å². The number of hydrogen-bond acceptors (Lipinski definition) is 5. The van der Waals surface area contributed by atoms with Crippen molar-refractivity contribution in [3.05, 3.63) is 29.5 Å². The van der Waals surface area contributed by atoms with Gasteiger partial charge in [0.15, 0.2) is 11.6 Å². The lowest BCUT2D eigenvalue weighted by Crippen LogP contribution is -2.23. The van der Waals surface area contributed by atoms with Crippen LogP contribution in [0, 0.1) is 0 Å². The lowest BCUT2D eigenvalue weighted by Gasteiger charge is -2.14. The molecule has 1 aromatic heterocycles. The molecule has 2 rings (SSSR count). The molecule has 0 unspecified atom stereocenters. The van der Waals surface area contributed by atoms with Crippen molar-refractivity contribution in [3.8, 4) is 0 Å². The number of carboxylic acids is 1. The van der Waals surface area contributed by atoms with E-state index in [0.29, 0.717) is 11.3 Å². The van der Waals surface area contributed by atoms with E-state index < -0.39 is 5.97 Å². The zero-order chi connectivity index (χ0) is 10.8. The summed E-state index contributed by atoms with van der Waals surface area (Å²) in [7, 11) is 0. The molecule has 2 heterocycles. The average molecular weight is 203 g/mol. The summed E-state index contributed by atoms with van der Waals surface area (Å²) in [6.45, 7) is 0. The van der Waals surface area contributed by atoms with Crippen LogP contribution < -0.4 is 5.32 Å². The van der Waals surface area contributed by atoms with Crippen molar-refractivity contribution in [3.63, 3.8) is 0 Å². The number of carbonyl (C=O) groups is 1. The molecular weight excluding hydrogens is 198 g/mol. The van der Waals surface area contributed by atoms with Gasteiger partial charge in [-0.3, -0.25) is 0 Å². The number of aromatic nitrogens is 2. The predicted octanol–water partition coefficient (Wildman–Crippen LogP) is -0.322. The Morgan fingerprint density at radius 1 is 1.53 bits per heavy atom. The second-order valence-corrected chi connectivity index (χ2v) is 2.79. The highest BCUT2D eigenvalue weighted by Gasteiger charge is 2.20. The van der Waals surface area contributed by atoms with Crippen LogP contribution in [-0.2, 0) is 9.59 Å². The standard InChI is InChI=1S/C9H5N3O3/c13-3-7-8-5(2-10-4-11-8)1-6(12-7)9(14)15/h1-2,4,12H,(H,14,15). The molecule has 0 amide bonds. The van der Waals surface area contributed by atoms with Crippen molar-refractivity contribution < 1.29 is 14.7 Å². The highest BCUT2D eigenvalue weighted by molar-refractivity contribution is 6.01. The van der Waals surface area contributed by atoms with Gasteiger partial charge in [-0.15, -0.1) is 0 Å². The highest BCUT2D eigenvalue weighted by atomic mass is 16.4. The summed E-state index contributed by atoms with van der Waals surface area (Å²) in [5.41, 5.74) is 0.736. The van der Waals surface area contributed by atoms with Gasteiger partial charge in [-0.1, -0.05) is 0 Å². The van der Waals surface area contributed by atoms with Gasteiger partial charge in [-0.05, 0) is 6.08 Å². The maximum absolute atomic E-state index is 10.7. The maximum Gasteiger partial charge on any atom is 0.352 e. The summed E-state index contributed by atoms with van der Waals surface area (Å²) in [6, 6.07) is 0. The number of carbonyl (C=O) groups excluding carboxylic acids is 1. The largest absolute Gasteiger partial charge is 0.477 e. The molecule has 0 radical (unpaired) electrons. The number of rotatable bonds is 1. The van der Waals surface area contributed by atoms with E-state index in [1.807, 2.05) is 0 Å². The van der Waals surface area contributed by atoms with Crippen molar-refractivity contribution in [1.82, 2.24) is 15.3 Å². The van der Waals surface area contributed by atoms with Gasteiger partial charge in [0.25, 0.3) is 0 Å². The number of aliphatic carboxylic acids is 1. The Labute approximate surface area is 84.0 Å². The van der Waals surface area contributed by atoms with Crippen LogP contribution in [0.5, 0.6) is 0 Å². The molecule has 1 aromatic rings. The quantitative estimate of drug-likeness (QED) is 0.607. The molecule has 1 aliphatic rings. The minimum Gasteiger partial charge on any atom is -0.477 e. The van der Waals surface area contributed by atoms with E-state index in [1.165, 1.54) is 18.6 Å². The number of hydrogen-bond donors (Lipinski definition) is 2. The Hall–Kier alpha value is -2.46. The summed E-state index contributed by atoms with van der Waals surface area (Å²) in [4.78, 5) is 28.9. The second kappa shape index (κ2) is 3.36. The minimum absolute atomic E-state index is 0.00676. The number of carboxylic acid groups (broad SMARTS) is 1. The number of fused-ring (bicyclic) bond motifs is 1. The zero-order valence-electron chi connectivity index (χ0n) is 7.39. The van der Waals surface area contributed by atoms with Crippen LogP contribution in [0.4, 0.5) is 0 Å². The SMILES string of the molecule is O=C=C1NC(C(=O)O)=Cc2cncnc21. The van der Waals surface area contributed by atoms with Gasteiger partial charge in [-0.2, -0.15) is 0 Å². The van der Waals surface area contributed by atoms with Gasteiger partial charge in [0.2, 0.25) is 0 Å². The molecule has 0 bridgehead atoms. The van der Waals surface area contributed by atoms with E-state index in [0.717, 1.165) is 0 Å². The third-order valence-electron chi connectivity index (χ3n) is 1.87. The van der Waals surface area contributed by atoms with E-state index in [9.17, 15) is 9.59 Å². The topological polar surface area (TPSA) is 92.2 Å². The van der Waals surface area contributed by atoms with Crippen LogP contribution in [0.3, 0.4) is 0 Å².